The van der Waals surface area contributed by atoms with E-state index in [9.17, 15) is 15.0 Å². The Labute approximate surface area is 175 Å². The van der Waals surface area contributed by atoms with Gasteiger partial charge in [0.2, 0.25) is 0 Å². The number of carboxylic acids is 1. The van der Waals surface area contributed by atoms with Crippen LogP contribution < -0.4 is 4.74 Å². The van der Waals surface area contributed by atoms with Gasteiger partial charge in [0, 0.05) is 32.9 Å². The molecule has 158 valence electrons. The highest BCUT2D eigenvalue weighted by Gasteiger charge is 2.18. The molecule has 30 heavy (non-hydrogen) atoms. The highest BCUT2D eigenvalue weighted by Crippen LogP contribution is 2.36. The zero-order valence-corrected chi connectivity index (χ0v) is 17.1. The lowest BCUT2D eigenvalue weighted by atomic mass is 9.93. The molecule has 0 bridgehead atoms. The molecule has 0 unspecified atom stereocenters. The number of rotatable bonds is 7. The molecule has 7 heteroatoms. The maximum absolute atomic E-state index is 11.4. The van der Waals surface area contributed by atoms with Crippen molar-refractivity contribution in [2.45, 2.75) is 19.8 Å². The Hall–Kier alpha value is -3.32. The summed E-state index contributed by atoms with van der Waals surface area (Å²) in [6, 6.07) is 7.58. The van der Waals surface area contributed by atoms with Crippen LogP contribution in [0.2, 0.25) is 0 Å². The molecule has 0 saturated heterocycles. The minimum absolute atomic E-state index is 0.234. The first kappa shape index (κ1) is 21.4. The van der Waals surface area contributed by atoms with Crippen molar-refractivity contribution >= 4 is 17.8 Å². The Balaban J connectivity index is 2.09. The van der Waals surface area contributed by atoms with E-state index in [1.165, 1.54) is 12.3 Å². The van der Waals surface area contributed by atoms with Crippen LogP contribution in [0.4, 0.5) is 0 Å². The molecule has 1 aromatic carbocycles. The standard InChI is InChI=1S/C23H25NO6/c1-15-11-20(25)19(23(26)27)14-24-7-6-16-12-22(30-10-4-8-28-2)18(13-17(15)16)21-5-3-9-29-21/h3,5,9,11-14,25H,4,6-8,10H2,1-2H3,(H,26,27)/b15-11+,20-19?,24-14?. The second-order valence-electron chi connectivity index (χ2n) is 6.89. The van der Waals surface area contributed by atoms with Crippen LogP contribution in [-0.4, -0.2) is 49.3 Å². The predicted octanol–water partition coefficient (Wildman–Crippen LogP) is 4.29. The monoisotopic (exact) mass is 411 g/mol. The van der Waals surface area contributed by atoms with Crippen molar-refractivity contribution in [3.63, 3.8) is 0 Å². The number of aliphatic imine (C=N–C) groups is 1. The fraction of sp³-hybridized carbons (Fsp3) is 0.304. The van der Waals surface area contributed by atoms with Crippen LogP contribution in [0.25, 0.3) is 16.9 Å². The zero-order chi connectivity index (χ0) is 21.5. The number of benzene rings is 1. The molecule has 0 atom stereocenters. The van der Waals surface area contributed by atoms with Gasteiger partial charge in [-0.25, -0.2) is 4.79 Å². The first-order valence-electron chi connectivity index (χ1n) is 9.68. The van der Waals surface area contributed by atoms with Gasteiger partial charge in [0.15, 0.2) is 0 Å². The molecule has 1 aromatic heterocycles. The molecular weight excluding hydrogens is 386 g/mol. The summed E-state index contributed by atoms with van der Waals surface area (Å²) in [4.78, 5) is 15.6. The number of ether oxygens (including phenoxy) is 2. The summed E-state index contributed by atoms with van der Waals surface area (Å²) in [6.07, 6.45) is 5.60. The Morgan fingerprint density at radius 1 is 1.27 bits per heavy atom. The van der Waals surface area contributed by atoms with Gasteiger partial charge in [0.25, 0.3) is 0 Å². The summed E-state index contributed by atoms with van der Waals surface area (Å²) in [7, 11) is 1.65. The Morgan fingerprint density at radius 3 is 2.80 bits per heavy atom. The minimum Gasteiger partial charge on any atom is -0.507 e. The van der Waals surface area contributed by atoms with Crippen LogP contribution in [0.15, 0.2) is 57.3 Å². The molecule has 2 heterocycles. The fourth-order valence-corrected chi connectivity index (χ4v) is 3.26. The fourth-order valence-electron chi connectivity index (χ4n) is 3.26. The van der Waals surface area contributed by atoms with Crippen molar-refractivity contribution in [2.75, 3.05) is 26.9 Å². The molecule has 0 amide bonds. The molecule has 0 aliphatic carbocycles. The molecule has 1 aliphatic rings. The number of aliphatic carboxylic acids is 1. The first-order chi connectivity index (χ1) is 14.5. The van der Waals surface area contributed by atoms with Crippen molar-refractivity contribution in [1.29, 1.82) is 0 Å². The normalized spacial score (nSPS) is 16.0. The molecule has 3 rings (SSSR count). The molecule has 7 nitrogen and oxygen atoms in total. The number of hydrogen-bond acceptors (Lipinski definition) is 6. The summed E-state index contributed by atoms with van der Waals surface area (Å²) >= 11 is 0. The third-order valence-electron chi connectivity index (χ3n) is 4.76. The van der Waals surface area contributed by atoms with E-state index >= 15 is 0 Å². The molecule has 1 aliphatic heterocycles. The van der Waals surface area contributed by atoms with Crippen molar-refractivity contribution in [2.24, 2.45) is 4.99 Å². The summed E-state index contributed by atoms with van der Waals surface area (Å²) in [5.74, 6) is -0.207. The summed E-state index contributed by atoms with van der Waals surface area (Å²) in [5.41, 5.74) is 3.15. The van der Waals surface area contributed by atoms with Crippen LogP contribution in [-0.2, 0) is 16.0 Å². The average molecular weight is 411 g/mol. The number of fused-ring (bicyclic) bond motifs is 1. The number of methoxy groups -OCH3 is 1. The largest absolute Gasteiger partial charge is 0.507 e. The maximum atomic E-state index is 11.4. The van der Waals surface area contributed by atoms with Gasteiger partial charge in [-0.2, -0.15) is 0 Å². The SMILES string of the molecule is COCCCOc1cc2c(cc1-c1ccco1)/C(C)=C/C(O)=C(C(=O)O)C=NCC2. The van der Waals surface area contributed by atoms with Gasteiger partial charge in [0.05, 0.1) is 18.4 Å². The molecule has 2 N–H and O–H groups in total. The zero-order valence-electron chi connectivity index (χ0n) is 17.1. The number of furan rings is 1. The number of aliphatic hydroxyl groups excluding tert-OH is 1. The van der Waals surface area contributed by atoms with Crippen molar-refractivity contribution < 1.29 is 28.9 Å². The second-order valence-corrected chi connectivity index (χ2v) is 6.89. The van der Waals surface area contributed by atoms with Gasteiger partial charge in [-0.05, 0) is 60.4 Å². The van der Waals surface area contributed by atoms with E-state index in [4.69, 9.17) is 13.9 Å². The van der Waals surface area contributed by atoms with Gasteiger partial charge in [-0.3, -0.25) is 4.99 Å². The lowest BCUT2D eigenvalue weighted by Crippen LogP contribution is -2.08. The Kier molecular flexibility index (Phi) is 7.08. The van der Waals surface area contributed by atoms with Crippen molar-refractivity contribution in [3.8, 4) is 17.1 Å². The van der Waals surface area contributed by atoms with E-state index in [1.807, 2.05) is 25.1 Å². The first-order valence-corrected chi connectivity index (χ1v) is 9.68. The summed E-state index contributed by atoms with van der Waals surface area (Å²) in [5, 5.41) is 19.6. The molecule has 0 fully saturated rings. The number of hydrogen-bond donors (Lipinski definition) is 2. The third-order valence-corrected chi connectivity index (χ3v) is 4.76. The van der Waals surface area contributed by atoms with Crippen LogP contribution >= 0.6 is 0 Å². The van der Waals surface area contributed by atoms with Gasteiger partial charge in [-0.15, -0.1) is 0 Å². The molecule has 0 spiro atoms. The van der Waals surface area contributed by atoms with Gasteiger partial charge in [0.1, 0.15) is 22.8 Å². The van der Waals surface area contributed by atoms with Crippen molar-refractivity contribution in [3.05, 3.63) is 59.1 Å². The Morgan fingerprint density at radius 2 is 2.10 bits per heavy atom. The van der Waals surface area contributed by atoms with E-state index in [2.05, 4.69) is 4.99 Å². The van der Waals surface area contributed by atoms with Gasteiger partial charge in [-0.1, -0.05) is 0 Å². The number of aliphatic hydroxyl groups is 1. The topological polar surface area (TPSA) is 101 Å². The highest BCUT2D eigenvalue weighted by molar-refractivity contribution is 6.09. The lowest BCUT2D eigenvalue weighted by Gasteiger charge is -2.17. The summed E-state index contributed by atoms with van der Waals surface area (Å²) in [6.45, 7) is 3.32. The molecule has 0 radical (unpaired) electrons. The van der Waals surface area contributed by atoms with Crippen LogP contribution in [0.1, 0.15) is 24.5 Å². The second kappa shape index (κ2) is 9.93. The predicted molar refractivity (Wildman–Crippen MR) is 114 cm³/mol. The summed E-state index contributed by atoms with van der Waals surface area (Å²) < 4.78 is 16.7. The Bertz CT molecular complexity index is 985. The van der Waals surface area contributed by atoms with Gasteiger partial charge < -0.3 is 24.1 Å². The van der Waals surface area contributed by atoms with Crippen molar-refractivity contribution in [1.82, 2.24) is 0 Å². The van der Waals surface area contributed by atoms with E-state index in [-0.39, 0.29) is 11.3 Å². The third kappa shape index (κ3) is 4.99. The van der Waals surface area contributed by atoms with E-state index in [0.29, 0.717) is 37.7 Å². The average Bonchev–Trinajstić information content (AvgIpc) is 3.24. The number of nitrogens with zero attached hydrogens (tertiary/aromatic N) is 1. The molecule has 2 aromatic rings. The van der Waals surface area contributed by atoms with E-state index in [0.717, 1.165) is 28.7 Å². The number of carbonyl (C=O) groups is 1. The number of carboxylic acid groups (broad SMARTS) is 1. The maximum Gasteiger partial charge on any atom is 0.341 e. The van der Waals surface area contributed by atoms with Crippen LogP contribution in [0.3, 0.4) is 0 Å². The number of allylic oxidation sites excluding steroid dienone is 2. The lowest BCUT2D eigenvalue weighted by molar-refractivity contribution is -0.132. The molecule has 0 saturated carbocycles. The van der Waals surface area contributed by atoms with E-state index in [1.54, 1.807) is 19.4 Å². The van der Waals surface area contributed by atoms with Gasteiger partial charge >= 0.3 is 5.97 Å². The molecular formula is C23H25NO6. The smallest absolute Gasteiger partial charge is 0.341 e. The van der Waals surface area contributed by atoms with Crippen LogP contribution in [0.5, 0.6) is 5.75 Å². The highest BCUT2D eigenvalue weighted by atomic mass is 16.5. The van der Waals surface area contributed by atoms with E-state index < -0.39 is 5.97 Å². The van der Waals surface area contributed by atoms with Crippen LogP contribution in [0, 0.1) is 0 Å². The minimum atomic E-state index is -1.22. The quantitative estimate of drug-likeness (QED) is 0.659.